The lowest BCUT2D eigenvalue weighted by molar-refractivity contribution is -0.384. The van der Waals surface area contributed by atoms with Crippen LogP contribution in [0.5, 0.6) is 0 Å². The number of hydrogen-bond donors (Lipinski definition) is 1. The van der Waals surface area contributed by atoms with Crippen molar-refractivity contribution in [3.05, 3.63) is 63.2 Å². The van der Waals surface area contributed by atoms with E-state index < -0.39 is 10.7 Å². The first-order valence-corrected chi connectivity index (χ1v) is 5.72. The zero-order valence-corrected chi connectivity index (χ0v) is 10.4. The van der Waals surface area contributed by atoms with Gasteiger partial charge in [0.1, 0.15) is 11.5 Å². The van der Waals surface area contributed by atoms with E-state index in [9.17, 15) is 14.5 Å². The Labute approximate surface area is 113 Å². The molecule has 2 rings (SSSR count). The minimum absolute atomic E-state index is 0.0794. The van der Waals surface area contributed by atoms with Crippen LogP contribution < -0.4 is 5.32 Å². The largest absolute Gasteiger partial charge is 0.375 e. The summed E-state index contributed by atoms with van der Waals surface area (Å²) in [5, 5.41) is 13.4. The predicted octanol–water partition coefficient (Wildman–Crippen LogP) is 3.39. The Morgan fingerprint density at radius 1 is 1.47 bits per heavy atom. The fourth-order valence-electron chi connectivity index (χ4n) is 1.53. The Morgan fingerprint density at radius 3 is 2.89 bits per heavy atom. The molecule has 0 unspecified atom stereocenters. The van der Waals surface area contributed by atoms with Gasteiger partial charge in [0.15, 0.2) is 0 Å². The van der Waals surface area contributed by atoms with Gasteiger partial charge in [-0.15, -0.1) is 0 Å². The van der Waals surface area contributed by atoms with Gasteiger partial charge in [0.25, 0.3) is 5.69 Å². The van der Waals surface area contributed by atoms with E-state index in [0.29, 0.717) is 6.54 Å². The van der Waals surface area contributed by atoms with Gasteiger partial charge in [-0.3, -0.25) is 15.1 Å². The maximum absolute atomic E-state index is 13.3. The monoisotopic (exact) mass is 281 g/mol. The van der Waals surface area contributed by atoms with Gasteiger partial charge in [0.05, 0.1) is 9.95 Å². The summed E-state index contributed by atoms with van der Waals surface area (Å²) in [6.45, 7) is 0.301. The van der Waals surface area contributed by atoms with Crippen LogP contribution in [0.3, 0.4) is 0 Å². The van der Waals surface area contributed by atoms with Crippen LogP contribution in [0.1, 0.15) is 5.56 Å². The van der Waals surface area contributed by atoms with Crippen molar-refractivity contribution in [3.8, 4) is 0 Å². The summed E-state index contributed by atoms with van der Waals surface area (Å²) in [5.74, 6) is -0.707. The van der Waals surface area contributed by atoms with Crippen molar-refractivity contribution < 1.29 is 9.31 Å². The molecule has 1 aromatic carbocycles. The number of pyridine rings is 1. The second-order valence-corrected chi connectivity index (χ2v) is 4.16. The van der Waals surface area contributed by atoms with Gasteiger partial charge in [0.2, 0.25) is 0 Å². The van der Waals surface area contributed by atoms with Crippen LogP contribution in [0.2, 0.25) is 5.02 Å². The topological polar surface area (TPSA) is 68.1 Å². The third-order valence-electron chi connectivity index (χ3n) is 2.44. The molecule has 0 saturated heterocycles. The van der Waals surface area contributed by atoms with Crippen LogP contribution in [-0.4, -0.2) is 9.91 Å². The van der Waals surface area contributed by atoms with E-state index in [1.54, 1.807) is 24.5 Å². The zero-order chi connectivity index (χ0) is 13.8. The number of benzene rings is 1. The fraction of sp³-hybridized carbons (Fsp3) is 0.0833. The first-order chi connectivity index (χ1) is 9.08. The van der Waals surface area contributed by atoms with Gasteiger partial charge >= 0.3 is 0 Å². The van der Waals surface area contributed by atoms with Crippen LogP contribution in [-0.2, 0) is 6.54 Å². The lowest BCUT2D eigenvalue weighted by atomic mass is 10.2. The Morgan fingerprint density at radius 2 is 2.26 bits per heavy atom. The first kappa shape index (κ1) is 13.2. The van der Waals surface area contributed by atoms with Crippen LogP contribution >= 0.6 is 11.6 Å². The standard InChI is InChI=1S/C12H9ClFN3O2/c13-9-4-12(17(18)19)11(5-10(9)14)16-7-8-2-1-3-15-6-8/h1-6,16H,7H2. The number of anilines is 1. The van der Waals surface area contributed by atoms with Gasteiger partial charge in [-0.1, -0.05) is 17.7 Å². The number of nitro benzene ring substituents is 1. The van der Waals surface area contributed by atoms with Crippen LogP contribution in [0.15, 0.2) is 36.7 Å². The van der Waals surface area contributed by atoms with Gasteiger partial charge < -0.3 is 5.32 Å². The average Bonchev–Trinajstić information content (AvgIpc) is 2.40. The molecule has 0 saturated carbocycles. The average molecular weight is 282 g/mol. The molecule has 0 aliphatic carbocycles. The van der Waals surface area contributed by atoms with Crippen molar-refractivity contribution in [1.82, 2.24) is 4.98 Å². The van der Waals surface area contributed by atoms with Crippen molar-refractivity contribution in [1.29, 1.82) is 0 Å². The molecule has 0 bridgehead atoms. The van der Waals surface area contributed by atoms with E-state index in [4.69, 9.17) is 11.6 Å². The van der Waals surface area contributed by atoms with E-state index in [1.807, 2.05) is 0 Å². The van der Waals surface area contributed by atoms with Gasteiger partial charge in [-0.2, -0.15) is 0 Å². The SMILES string of the molecule is O=[N+]([O-])c1cc(Cl)c(F)cc1NCc1cccnc1. The Hall–Kier alpha value is -2.21. The molecule has 0 atom stereocenters. The summed E-state index contributed by atoms with van der Waals surface area (Å²) in [6, 6.07) is 5.55. The molecule has 19 heavy (non-hydrogen) atoms. The Balaban J connectivity index is 2.24. The quantitative estimate of drug-likeness (QED) is 0.689. The van der Waals surface area contributed by atoms with Gasteiger partial charge in [-0.25, -0.2) is 4.39 Å². The molecule has 5 nitrogen and oxygen atoms in total. The molecule has 0 amide bonds. The molecular weight excluding hydrogens is 273 g/mol. The molecule has 0 spiro atoms. The van der Waals surface area contributed by atoms with E-state index in [2.05, 4.69) is 10.3 Å². The molecular formula is C12H9ClFN3O2. The number of nitro groups is 1. The van der Waals surface area contributed by atoms with Crippen LogP contribution in [0.4, 0.5) is 15.8 Å². The van der Waals surface area contributed by atoms with E-state index >= 15 is 0 Å². The number of aromatic nitrogens is 1. The number of nitrogens with one attached hydrogen (secondary N) is 1. The number of halogens is 2. The third-order valence-corrected chi connectivity index (χ3v) is 2.73. The summed E-state index contributed by atoms with van der Waals surface area (Å²) in [5.41, 5.74) is 0.637. The molecule has 1 N–H and O–H groups in total. The normalized spacial score (nSPS) is 10.2. The number of nitrogens with zero attached hydrogens (tertiary/aromatic N) is 2. The highest BCUT2D eigenvalue weighted by molar-refractivity contribution is 6.31. The summed E-state index contributed by atoms with van der Waals surface area (Å²) in [7, 11) is 0. The van der Waals surface area contributed by atoms with Crippen molar-refractivity contribution in [2.45, 2.75) is 6.54 Å². The van der Waals surface area contributed by atoms with Crippen molar-refractivity contribution in [2.75, 3.05) is 5.32 Å². The number of rotatable bonds is 4. The highest BCUT2D eigenvalue weighted by atomic mass is 35.5. The van der Waals surface area contributed by atoms with Crippen LogP contribution in [0, 0.1) is 15.9 Å². The highest BCUT2D eigenvalue weighted by Crippen LogP contribution is 2.30. The maximum Gasteiger partial charge on any atom is 0.294 e. The molecule has 2 aromatic rings. The Kier molecular flexibility index (Phi) is 3.91. The molecule has 0 aliphatic rings. The summed E-state index contributed by atoms with van der Waals surface area (Å²) in [4.78, 5) is 14.2. The highest BCUT2D eigenvalue weighted by Gasteiger charge is 2.17. The molecule has 0 aliphatic heterocycles. The molecule has 98 valence electrons. The second-order valence-electron chi connectivity index (χ2n) is 3.76. The minimum atomic E-state index is -0.707. The fourth-order valence-corrected chi connectivity index (χ4v) is 1.69. The van der Waals surface area contributed by atoms with Crippen molar-refractivity contribution in [3.63, 3.8) is 0 Å². The molecule has 0 fully saturated rings. The van der Waals surface area contributed by atoms with Crippen LogP contribution in [0.25, 0.3) is 0 Å². The zero-order valence-electron chi connectivity index (χ0n) is 9.64. The second kappa shape index (κ2) is 5.62. The summed E-state index contributed by atoms with van der Waals surface area (Å²) in [6.07, 6.45) is 3.24. The van der Waals surface area contributed by atoms with Crippen molar-refractivity contribution >= 4 is 23.0 Å². The van der Waals surface area contributed by atoms with Gasteiger partial charge in [-0.05, 0) is 11.6 Å². The Bertz CT molecular complexity index is 607. The lowest BCUT2D eigenvalue weighted by Crippen LogP contribution is -2.03. The van der Waals surface area contributed by atoms with E-state index in [1.165, 1.54) is 0 Å². The minimum Gasteiger partial charge on any atom is -0.375 e. The van der Waals surface area contributed by atoms with Crippen molar-refractivity contribution in [2.24, 2.45) is 0 Å². The molecule has 7 heteroatoms. The summed E-state index contributed by atoms with van der Waals surface area (Å²) < 4.78 is 13.3. The van der Waals surface area contributed by atoms with E-state index in [0.717, 1.165) is 17.7 Å². The molecule has 0 radical (unpaired) electrons. The molecule has 1 aromatic heterocycles. The lowest BCUT2D eigenvalue weighted by Gasteiger charge is -2.07. The van der Waals surface area contributed by atoms with E-state index in [-0.39, 0.29) is 16.4 Å². The number of hydrogen-bond acceptors (Lipinski definition) is 4. The van der Waals surface area contributed by atoms with Gasteiger partial charge in [0, 0.05) is 31.1 Å². The summed E-state index contributed by atoms with van der Waals surface area (Å²) >= 11 is 5.53. The predicted molar refractivity (Wildman–Crippen MR) is 69.6 cm³/mol. The molecule has 1 heterocycles. The maximum atomic E-state index is 13.3. The first-order valence-electron chi connectivity index (χ1n) is 5.34. The smallest absolute Gasteiger partial charge is 0.294 e. The third kappa shape index (κ3) is 3.17.